The first-order valence-corrected chi connectivity index (χ1v) is 6.58. The molecule has 88 valence electrons. The smallest absolute Gasteiger partial charge is 0.253 e. The zero-order valence-corrected chi connectivity index (χ0v) is 10.9. The Labute approximate surface area is 108 Å². The quantitative estimate of drug-likeness (QED) is 0.897. The first kappa shape index (κ1) is 10.8. The number of hydrogen-bond acceptors (Lipinski definition) is 1. The number of rotatable bonds is 3. The molecule has 1 aliphatic carbocycles. The van der Waals surface area contributed by atoms with E-state index >= 15 is 0 Å². The summed E-state index contributed by atoms with van der Waals surface area (Å²) in [4.78, 5) is 15.1. The molecular formula is C13H13BrN2O. The highest BCUT2D eigenvalue weighted by Gasteiger charge is 2.22. The standard InChI is InChI=1S/C13H13BrN2O/c14-9-3-4-12-10(5-9)11(7-15-12)13(17)16-6-8-1-2-8/h3-5,7-8,15H,1-2,6H2,(H,16,17). The van der Waals surface area contributed by atoms with Gasteiger partial charge >= 0.3 is 0 Å². The van der Waals surface area contributed by atoms with E-state index in [1.54, 1.807) is 6.20 Å². The van der Waals surface area contributed by atoms with Crippen molar-refractivity contribution in [3.63, 3.8) is 0 Å². The number of hydrogen-bond donors (Lipinski definition) is 2. The van der Waals surface area contributed by atoms with E-state index in [9.17, 15) is 4.79 Å². The molecule has 0 aliphatic heterocycles. The van der Waals surface area contributed by atoms with E-state index in [1.807, 2.05) is 18.2 Å². The van der Waals surface area contributed by atoms with Gasteiger partial charge in [-0.05, 0) is 37.0 Å². The maximum absolute atomic E-state index is 12.0. The van der Waals surface area contributed by atoms with Crippen LogP contribution in [0.4, 0.5) is 0 Å². The highest BCUT2D eigenvalue weighted by molar-refractivity contribution is 9.10. The van der Waals surface area contributed by atoms with Gasteiger partial charge in [0.2, 0.25) is 0 Å². The van der Waals surface area contributed by atoms with Crippen LogP contribution in [-0.4, -0.2) is 17.4 Å². The summed E-state index contributed by atoms with van der Waals surface area (Å²) in [6.07, 6.45) is 4.28. The second-order valence-electron chi connectivity index (χ2n) is 4.55. The van der Waals surface area contributed by atoms with Gasteiger partial charge in [0, 0.05) is 28.1 Å². The number of benzene rings is 1. The van der Waals surface area contributed by atoms with Crippen LogP contribution >= 0.6 is 15.9 Å². The molecule has 0 spiro atoms. The minimum Gasteiger partial charge on any atom is -0.360 e. The second-order valence-corrected chi connectivity index (χ2v) is 5.46. The molecule has 17 heavy (non-hydrogen) atoms. The van der Waals surface area contributed by atoms with Crippen molar-refractivity contribution in [1.82, 2.24) is 10.3 Å². The number of carbonyl (C=O) groups is 1. The van der Waals surface area contributed by atoms with Crippen LogP contribution in [-0.2, 0) is 0 Å². The Bertz CT molecular complexity index is 572. The molecule has 2 aromatic rings. The van der Waals surface area contributed by atoms with E-state index in [-0.39, 0.29) is 5.91 Å². The molecule has 1 fully saturated rings. The van der Waals surface area contributed by atoms with Gasteiger partial charge < -0.3 is 10.3 Å². The zero-order chi connectivity index (χ0) is 11.8. The molecule has 0 atom stereocenters. The van der Waals surface area contributed by atoms with E-state index in [2.05, 4.69) is 26.2 Å². The van der Waals surface area contributed by atoms with Crippen LogP contribution in [0.5, 0.6) is 0 Å². The van der Waals surface area contributed by atoms with Gasteiger partial charge in [-0.25, -0.2) is 0 Å². The van der Waals surface area contributed by atoms with Crippen LogP contribution in [0.1, 0.15) is 23.2 Å². The average molecular weight is 293 g/mol. The summed E-state index contributed by atoms with van der Waals surface area (Å²) in [6.45, 7) is 0.805. The van der Waals surface area contributed by atoms with E-state index < -0.39 is 0 Å². The molecule has 0 bridgehead atoms. The summed E-state index contributed by atoms with van der Waals surface area (Å²) in [5, 5.41) is 3.95. The molecule has 3 rings (SSSR count). The lowest BCUT2D eigenvalue weighted by atomic mass is 10.1. The molecule has 4 heteroatoms. The second kappa shape index (κ2) is 4.18. The fraction of sp³-hybridized carbons (Fsp3) is 0.308. The number of H-pyrrole nitrogens is 1. The van der Waals surface area contributed by atoms with E-state index in [4.69, 9.17) is 0 Å². The summed E-state index contributed by atoms with van der Waals surface area (Å²) >= 11 is 3.43. The number of aromatic amines is 1. The van der Waals surface area contributed by atoms with Crippen LogP contribution in [0.3, 0.4) is 0 Å². The molecule has 1 heterocycles. The summed E-state index contributed by atoms with van der Waals surface area (Å²) in [5.74, 6) is 0.720. The van der Waals surface area contributed by atoms with Crippen LogP contribution in [0.15, 0.2) is 28.9 Å². The van der Waals surface area contributed by atoms with Gasteiger partial charge in [0.25, 0.3) is 5.91 Å². The third-order valence-corrected chi connectivity index (χ3v) is 3.63. The van der Waals surface area contributed by atoms with Gasteiger partial charge in [-0.3, -0.25) is 4.79 Å². The normalized spacial score (nSPS) is 15.1. The van der Waals surface area contributed by atoms with Crippen molar-refractivity contribution in [2.24, 2.45) is 5.92 Å². The van der Waals surface area contributed by atoms with E-state index in [0.717, 1.165) is 27.5 Å². The molecule has 1 aliphatic rings. The van der Waals surface area contributed by atoms with Gasteiger partial charge in [-0.2, -0.15) is 0 Å². The maximum atomic E-state index is 12.0. The SMILES string of the molecule is O=C(NCC1CC1)c1c[nH]c2ccc(Br)cc12. The van der Waals surface area contributed by atoms with Crippen molar-refractivity contribution in [1.29, 1.82) is 0 Å². The topological polar surface area (TPSA) is 44.9 Å². The first-order chi connectivity index (χ1) is 8.24. The Morgan fingerprint density at radius 3 is 3.06 bits per heavy atom. The third-order valence-electron chi connectivity index (χ3n) is 3.14. The Balaban J connectivity index is 1.87. The first-order valence-electron chi connectivity index (χ1n) is 5.79. The van der Waals surface area contributed by atoms with Gasteiger partial charge in [-0.1, -0.05) is 15.9 Å². The number of fused-ring (bicyclic) bond motifs is 1. The highest BCUT2D eigenvalue weighted by Crippen LogP contribution is 2.28. The molecule has 1 aromatic carbocycles. The number of nitrogens with one attached hydrogen (secondary N) is 2. The lowest BCUT2D eigenvalue weighted by Crippen LogP contribution is -2.25. The van der Waals surface area contributed by atoms with Gasteiger partial charge in [0.15, 0.2) is 0 Å². The minimum atomic E-state index is 0.0150. The average Bonchev–Trinajstić information content (AvgIpc) is 3.05. The van der Waals surface area contributed by atoms with E-state index in [1.165, 1.54) is 12.8 Å². The third kappa shape index (κ3) is 2.22. The molecule has 1 saturated carbocycles. The van der Waals surface area contributed by atoms with Crippen molar-refractivity contribution in [3.8, 4) is 0 Å². The lowest BCUT2D eigenvalue weighted by Gasteiger charge is -2.02. The molecule has 0 radical (unpaired) electrons. The molecular weight excluding hydrogens is 280 g/mol. The summed E-state index contributed by atoms with van der Waals surface area (Å²) in [7, 11) is 0. The van der Waals surface area contributed by atoms with Crippen LogP contribution in [0, 0.1) is 5.92 Å². The number of carbonyl (C=O) groups excluding carboxylic acids is 1. The largest absolute Gasteiger partial charge is 0.360 e. The van der Waals surface area contributed by atoms with E-state index in [0.29, 0.717) is 5.92 Å². The van der Waals surface area contributed by atoms with Gasteiger partial charge in [0.05, 0.1) is 5.56 Å². The van der Waals surface area contributed by atoms with Crippen molar-refractivity contribution in [3.05, 3.63) is 34.4 Å². The molecule has 3 nitrogen and oxygen atoms in total. The minimum absolute atomic E-state index is 0.0150. The summed E-state index contributed by atoms with van der Waals surface area (Å²) < 4.78 is 0.987. The maximum Gasteiger partial charge on any atom is 0.253 e. The predicted octanol–water partition coefficient (Wildman–Crippen LogP) is 3.07. The number of halogens is 1. The zero-order valence-electron chi connectivity index (χ0n) is 9.29. The van der Waals surface area contributed by atoms with Crippen molar-refractivity contribution in [2.75, 3.05) is 6.54 Å². The summed E-state index contributed by atoms with van der Waals surface area (Å²) in [6, 6.07) is 5.90. The van der Waals surface area contributed by atoms with Crippen molar-refractivity contribution < 1.29 is 4.79 Å². The fourth-order valence-corrected chi connectivity index (χ4v) is 2.30. The molecule has 2 N–H and O–H groups in total. The Morgan fingerprint density at radius 2 is 2.29 bits per heavy atom. The Morgan fingerprint density at radius 1 is 1.47 bits per heavy atom. The molecule has 1 amide bonds. The van der Waals surface area contributed by atoms with Gasteiger partial charge in [-0.15, -0.1) is 0 Å². The molecule has 0 unspecified atom stereocenters. The summed E-state index contributed by atoms with van der Waals surface area (Å²) in [5.41, 5.74) is 1.71. The van der Waals surface area contributed by atoms with Gasteiger partial charge in [0.1, 0.15) is 0 Å². The lowest BCUT2D eigenvalue weighted by molar-refractivity contribution is 0.0953. The van der Waals surface area contributed by atoms with Crippen molar-refractivity contribution in [2.45, 2.75) is 12.8 Å². The van der Waals surface area contributed by atoms with Crippen LogP contribution < -0.4 is 5.32 Å². The monoisotopic (exact) mass is 292 g/mol. The molecule has 0 saturated heterocycles. The predicted molar refractivity (Wildman–Crippen MR) is 71.1 cm³/mol. The van der Waals surface area contributed by atoms with Crippen molar-refractivity contribution >= 4 is 32.7 Å². The number of aromatic nitrogens is 1. The Kier molecular flexibility index (Phi) is 2.67. The van der Waals surface area contributed by atoms with Crippen LogP contribution in [0.25, 0.3) is 10.9 Å². The highest BCUT2D eigenvalue weighted by atomic mass is 79.9. The van der Waals surface area contributed by atoms with Crippen LogP contribution in [0.2, 0.25) is 0 Å². The Hall–Kier alpha value is -1.29. The molecule has 1 aromatic heterocycles. The number of amides is 1. The fourth-order valence-electron chi connectivity index (χ4n) is 1.93.